The van der Waals surface area contributed by atoms with E-state index in [0.29, 0.717) is 12.4 Å². The topological polar surface area (TPSA) is 113 Å². The van der Waals surface area contributed by atoms with Gasteiger partial charge in [0.05, 0.1) is 6.20 Å². The van der Waals surface area contributed by atoms with Crippen LogP contribution in [0.1, 0.15) is 28.9 Å². The third-order valence-electron chi connectivity index (χ3n) is 4.55. The van der Waals surface area contributed by atoms with Crippen molar-refractivity contribution in [1.82, 2.24) is 14.9 Å². The zero-order valence-corrected chi connectivity index (χ0v) is 15.8. The molecule has 1 aromatic carbocycles. The number of carbonyl (C=O) groups excluding carboxylic acids is 2. The number of benzene rings is 1. The maximum absolute atomic E-state index is 11.9. The molecule has 0 spiro atoms. The number of primary amides is 1. The van der Waals surface area contributed by atoms with Crippen molar-refractivity contribution in [3.8, 4) is 0 Å². The molecule has 2 aromatic rings. The van der Waals surface area contributed by atoms with E-state index >= 15 is 0 Å². The van der Waals surface area contributed by atoms with E-state index in [-0.39, 0.29) is 23.5 Å². The molecule has 2 amide bonds. The summed E-state index contributed by atoms with van der Waals surface area (Å²) in [6.07, 6.45) is 4.60. The molecule has 1 fully saturated rings. The van der Waals surface area contributed by atoms with E-state index in [1.165, 1.54) is 12.3 Å². The Bertz CT molecular complexity index is 898. The SMILES string of the molecule is C=CC(=O)N1CCC[C@@H](Nc2cnc(C(N)=O)c(Nc3cccc(C)c3)n2)C1. The lowest BCUT2D eigenvalue weighted by molar-refractivity contribution is -0.127. The Kier molecular flexibility index (Phi) is 5.88. The molecule has 1 atom stereocenters. The number of aryl methyl sites for hydroxylation is 1. The van der Waals surface area contributed by atoms with E-state index in [0.717, 1.165) is 30.6 Å². The molecule has 146 valence electrons. The van der Waals surface area contributed by atoms with Crippen molar-refractivity contribution in [3.05, 3.63) is 54.4 Å². The summed E-state index contributed by atoms with van der Waals surface area (Å²) >= 11 is 0. The molecule has 2 heterocycles. The van der Waals surface area contributed by atoms with E-state index in [2.05, 4.69) is 27.2 Å². The minimum absolute atomic E-state index is 0.0400. The van der Waals surface area contributed by atoms with Crippen LogP contribution in [-0.4, -0.2) is 45.8 Å². The van der Waals surface area contributed by atoms with Crippen LogP contribution in [0.3, 0.4) is 0 Å². The first-order chi connectivity index (χ1) is 13.5. The van der Waals surface area contributed by atoms with Crippen LogP contribution in [-0.2, 0) is 4.79 Å². The van der Waals surface area contributed by atoms with E-state index in [1.807, 2.05) is 31.2 Å². The number of piperidine rings is 1. The van der Waals surface area contributed by atoms with Crippen molar-refractivity contribution < 1.29 is 9.59 Å². The van der Waals surface area contributed by atoms with Gasteiger partial charge in [-0.15, -0.1) is 0 Å². The average molecular weight is 380 g/mol. The Labute approximate surface area is 163 Å². The molecular formula is C20H24N6O2. The van der Waals surface area contributed by atoms with Gasteiger partial charge in [0.2, 0.25) is 5.91 Å². The molecule has 0 unspecified atom stereocenters. The van der Waals surface area contributed by atoms with Crippen LogP contribution in [0.4, 0.5) is 17.3 Å². The molecule has 8 heteroatoms. The fourth-order valence-corrected chi connectivity index (χ4v) is 3.22. The number of carbonyl (C=O) groups is 2. The highest BCUT2D eigenvalue weighted by atomic mass is 16.2. The number of nitrogens with one attached hydrogen (secondary N) is 2. The van der Waals surface area contributed by atoms with E-state index < -0.39 is 5.91 Å². The summed E-state index contributed by atoms with van der Waals surface area (Å²) in [5.74, 6) is 0.0640. The molecule has 1 aromatic heterocycles. The van der Waals surface area contributed by atoms with Crippen molar-refractivity contribution in [2.75, 3.05) is 23.7 Å². The summed E-state index contributed by atoms with van der Waals surface area (Å²) in [4.78, 5) is 34.0. The highest BCUT2D eigenvalue weighted by molar-refractivity contribution is 5.96. The highest BCUT2D eigenvalue weighted by Crippen LogP contribution is 2.21. The molecular weight excluding hydrogens is 356 g/mol. The molecule has 8 nitrogen and oxygen atoms in total. The van der Waals surface area contributed by atoms with Crippen LogP contribution in [0.15, 0.2) is 43.1 Å². The number of hydrogen-bond donors (Lipinski definition) is 3. The van der Waals surface area contributed by atoms with Crippen LogP contribution in [0.5, 0.6) is 0 Å². The number of hydrogen-bond acceptors (Lipinski definition) is 6. The lowest BCUT2D eigenvalue weighted by Gasteiger charge is -2.32. The molecule has 0 bridgehead atoms. The van der Waals surface area contributed by atoms with Gasteiger partial charge in [-0.05, 0) is 43.5 Å². The fraction of sp³-hybridized carbons (Fsp3) is 0.300. The summed E-state index contributed by atoms with van der Waals surface area (Å²) in [6, 6.07) is 7.73. The van der Waals surface area contributed by atoms with E-state index in [4.69, 9.17) is 5.73 Å². The van der Waals surface area contributed by atoms with Gasteiger partial charge in [0.25, 0.3) is 5.91 Å². The Morgan fingerprint density at radius 3 is 2.93 bits per heavy atom. The lowest BCUT2D eigenvalue weighted by Crippen LogP contribution is -2.44. The molecule has 0 saturated carbocycles. The predicted octanol–water partition coefficient (Wildman–Crippen LogP) is 2.22. The number of nitrogens with two attached hydrogens (primary N) is 1. The molecule has 1 aliphatic heterocycles. The zero-order chi connectivity index (χ0) is 20.1. The van der Waals surface area contributed by atoms with Gasteiger partial charge in [-0.3, -0.25) is 9.59 Å². The van der Waals surface area contributed by atoms with Crippen LogP contribution in [0.2, 0.25) is 0 Å². The van der Waals surface area contributed by atoms with Crippen molar-refractivity contribution in [1.29, 1.82) is 0 Å². The maximum Gasteiger partial charge on any atom is 0.271 e. The standard InChI is InChI=1S/C20H24N6O2/c1-3-17(27)26-9-5-8-15(12-26)23-16-11-22-18(19(21)28)20(25-16)24-14-7-4-6-13(2)10-14/h3-4,6-7,10-11,15H,1,5,8-9,12H2,2H3,(H2,21,28)(H2,23,24,25)/t15-/m1/s1. The number of amides is 2. The second kappa shape index (κ2) is 8.51. The summed E-state index contributed by atoms with van der Waals surface area (Å²) < 4.78 is 0. The number of anilines is 3. The van der Waals surface area contributed by atoms with Gasteiger partial charge >= 0.3 is 0 Å². The van der Waals surface area contributed by atoms with Gasteiger partial charge in [-0.1, -0.05) is 18.7 Å². The first-order valence-corrected chi connectivity index (χ1v) is 9.14. The summed E-state index contributed by atoms with van der Waals surface area (Å²) in [5, 5.41) is 6.42. The third-order valence-corrected chi connectivity index (χ3v) is 4.55. The minimum Gasteiger partial charge on any atom is -0.364 e. The summed E-state index contributed by atoms with van der Waals surface area (Å²) in [7, 11) is 0. The van der Waals surface area contributed by atoms with Gasteiger partial charge < -0.3 is 21.3 Å². The van der Waals surface area contributed by atoms with E-state index in [9.17, 15) is 9.59 Å². The maximum atomic E-state index is 11.9. The molecule has 3 rings (SSSR count). The van der Waals surface area contributed by atoms with Crippen molar-refractivity contribution in [2.24, 2.45) is 5.73 Å². The molecule has 1 saturated heterocycles. The second-order valence-electron chi connectivity index (χ2n) is 6.78. The Morgan fingerprint density at radius 2 is 2.21 bits per heavy atom. The Hall–Kier alpha value is -3.42. The van der Waals surface area contributed by atoms with Gasteiger partial charge in [0.1, 0.15) is 5.82 Å². The van der Waals surface area contributed by atoms with Crippen LogP contribution in [0, 0.1) is 6.92 Å². The Morgan fingerprint density at radius 1 is 1.39 bits per heavy atom. The molecule has 0 radical (unpaired) electrons. The first kappa shape index (κ1) is 19.3. The molecule has 1 aliphatic rings. The molecule has 4 N–H and O–H groups in total. The zero-order valence-electron chi connectivity index (χ0n) is 15.8. The fourth-order valence-electron chi connectivity index (χ4n) is 3.22. The van der Waals surface area contributed by atoms with Gasteiger partial charge in [0.15, 0.2) is 11.5 Å². The monoisotopic (exact) mass is 380 g/mol. The third kappa shape index (κ3) is 4.64. The normalized spacial score (nSPS) is 16.3. The van der Waals surface area contributed by atoms with Crippen LogP contribution in [0.25, 0.3) is 0 Å². The first-order valence-electron chi connectivity index (χ1n) is 9.14. The summed E-state index contributed by atoms with van der Waals surface area (Å²) in [6.45, 7) is 6.80. The van der Waals surface area contributed by atoms with Crippen molar-refractivity contribution in [2.45, 2.75) is 25.8 Å². The summed E-state index contributed by atoms with van der Waals surface area (Å²) in [5.41, 5.74) is 7.37. The van der Waals surface area contributed by atoms with Crippen molar-refractivity contribution >= 4 is 29.1 Å². The van der Waals surface area contributed by atoms with E-state index in [1.54, 1.807) is 4.90 Å². The Balaban J connectivity index is 1.79. The molecule has 0 aliphatic carbocycles. The molecule has 28 heavy (non-hydrogen) atoms. The second-order valence-corrected chi connectivity index (χ2v) is 6.78. The highest BCUT2D eigenvalue weighted by Gasteiger charge is 2.23. The smallest absolute Gasteiger partial charge is 0.271 e. The van der Waals surface area contributed by atoms with Crippen molar-refractivity contribution in [3.63, 3.8) is 0 Å². The predicted molar refractivity (Wildman–Crippen MR) is 108 cm³/mol. The number of aromatic nitrogens is 2. The number of likely N-dealkylation sites (tertiary alicyclic amines) is 1. The lowest BCUT2D eigenvalue weighted by atomic mass is 10.1. The minimum atomic E-state index is -0.658. The number of nitrogens with zero attached hydrogens (tertiary/aromatic N) is 3. The van der Waals surface area contributed by atoms with Crippen LogP contribution >= 0.6 is 0 Å². The number of rotatable bonds is 6. The quantitative estimate of drug-likeness (QED) is 0.662. The van der Waals surface area contributed by atoms with Gasteiger partial charge in [-0.2, -0.15) is 0 Å². The average Bonchev–Trinajstić information content (AvgIpc) is 2.67. The van der Waals surface area contributed by atoms with Gasteiger partial charge in [-0.25, -0.2) is 9.97 Å². The van der Waals surface area contributed by atoms with Gasteiger partial charge in [0, 0.05) is 24.8 Å². The van der Waals surface area contributed by atoms with Crippen LogP contribution < -0.4 is 16.4 Å². The largest absolute Gasteiger partial charge is 0.364 e.